The van der Waals surface area contributed by atoms with Crippen molar-refractivity contribution >= 4 is 0 Å². The molecule has 1 aliphatic carbocycles. The van der Waals surface area contributed by atoms with Crippen molar-refractivity contribution in [1.82, 2.24) is 15.0 Å². The van der Waals surface area contributed by atoms with Gasteiger partial charge in [0.05, 0.1) is 24.5 Å². The average molecular weight is 241 g/mol. The third-order valence-electron chi connectivity index (χ3n) is 3.90. The number of nitrogens with zero attached hydrogens (tertiary/aromatic N) is 3. The van der Waals surface area contributed by atoms with Gasteiger partial charge in [0.25, 0.3) is 0 Å². The van der Waals surface area contributed by atoms with Gasteiger partial charge >= 0.3 is 0 Å². The van der Waals surface area contributed by atoms with Crippen molar-refractivity contribution in [2.24, 2.45) is 0 Å². The fourth-order valence-corrected chi connectivity index (χ4v) is 2.91. The summed E-state index contributed by atoms with van der Waals surface area (Å²) in [5.74, 6) is 0. The number of hydrogen-bond donors (Lipinski definition) is 0. The van der Waals surface area contributed by atoms with Gasteiger partial charge in [0, 0.05) is 0 Å². The maximum atomic E-state index is 5.70. The van der Waals surface area contributed by atoms with E-state index in [9.17, 15) is 0 Å². The topological polar surface area (TPSA) is 43.2 Å². The molecule has 2 aromatic rings. The molecule has 1 aliphatic heterocycles. The summed E-state index contributed by atoms with van der Waals surface area (Å²) in [6.07, 6.45) is 3.31. The molecule has 0 amide bonds. The van der Waals surface area contributed by atoms with Crippen LogP contribution >= 0.6 is 0 Å². The minimum Gasteiger partial charge on any atom is -0.363 e. The number of fused-ring (bicyclic) bond motifs is 2. The second-order valence-electron chi connectivity index (χ2n) is 5.16. The molecule has 1 aromatic heterocycles. The molecule has 0 unspecified atom stereocenters. The van der Waals surface area contributed by atoms with Gasteiger partial charge in [0.1, 0.15) is 5.60 Å². The Morgan fingerprint density at radius 2 is 2.11 bits per heavy atom. The number of aromatic nitrogens is 3. The van der Waals surface area contributed by atoms with Crippen molar-refractivity contribution in [3.8, 4) is 0 Å². The van der Waals surface area contributed by atoms with Crippen molar-refractivity contribution in [2.75, 3.05) is 6.61 Å². The molecule has 4 heteroatoms. The molecular formula is C14H15N3O. The summed E-state index contributed by atoms with van der Waals surface area (Å²) in [4.78, 5) is 0. The standard InChI is InChI=1S/C14H15N3O/c1-2-5-11(6-3-1)9-17-13-12(15-16-17)7-4-8-14(13)10-18-14/h1-3,5-6H,4,7-10H2/t14-/m0/s1. The van der Waals surface area contributed by atoms with E-state index in [1.165, 1.54) is 11.3 Å². The predicted molar refractivity (Wildman–Crippen MR) is 66.1 cm³/mol. The van der Waals surface area contributed by atoms with Gasteiger partial charge in [-0.3, -0.25) is 0 Å². The normalized spacial score (nSPS) is 25.1. The summed E-state index contributed by atoms with van der Waals surface area (Å²) in [6, 6.07) is 10.4. The first-order valence-electron chi connectivity index (χ1n) is 6.48. The van der Waals surface area contributed by atoms with Gasteiger partial charge in [-0.1, -0.05) is 35.5 Å². The Bertz CT molecular complexity index is 572. The minimum absolute atomic E-state index is 0.0497. The van der Waals surface area contributed by atoms with E-state index in [0.717, 1.165) is 38.1 Å². The lowest BCUT2D eigenvalue weighted by Crippen LogP contribution is -2.22. The van der Waals surface area contributed by atoms with Gasteiger partial charge in [-0.25, -0.2) is 4.68 Å². The lowest BCUT2D eigenvalue weighted by atomic mass is 9.90. The number of hydrogen-bond acceptors (Lipinski definition) is 3. The van der Waals surface area contributed by atoms with Crippen LogP contribution in [0.5, 0.6) is 0 Å². The molecule has 1 fully saturated rings. The Morgan fingerprint density at radius 3 is 2.89 bits per heavy atom. The quantitative estimate of drug-likeness (QED) is 0.754. The molecular weight excluding hydrogens is 226 g/mol. The largest absolute Gasteiger partial charge is 0.363 e. The second kappa shape index (κ2) is 3.65. The van der Waals surface area contributed by atoms with Crippen molar-refractivity contribution in [3.05, 3.63) is 47.3 Å². The van der Waals surface area contributed by atoms with Crippen LogP contribution < -0.4 is 0 Å². The zero-order valence-corrected chi connectivity index (χ0v) is 10.2. The van der Waals surface area contributed by atoms with E-state index in [0.29, 0.717) is 0 Å². The number of aryl methyl sites for hydroxylation is 1. The highest BCUT2D eigenvalue weighted by molar-refractivity contribution is 5.28. The molecule has 0 saturated carbocycles. The number of epoxide rings is 1. The van der Waals surface area contributed by atoms with Gasteiger partial charge in [-0.05, 0) is 24.8 Å². The Balaban J connectivity index is 1.72. The van der Waals surface area contributed by atoms with Crippen LogP contribution in [0.4, 0.5) is 0 Å². The molecule has 1 atom stereocenters. The molecule has 0 N–H and O–H groups in total. The number of ether oxygens (including phenoxy) is 1. The Morgan fingerprint density at radius 1 is 1.28 bits per heavy atom. The monoisotopic (exact) mass is 241 g/mol. The highest BCUT2D eigenvalue weighted by Gasteiger charge is 2.52. The molecule has 4 nitrogen and oxygen atoms in total. The van der Waals surface area contributed by atoms with Crippen LogP contribution in [0.15, 0.2) is 30.3 Å². The first-order valence-corrected chi connectivity index (χ1v) is 6.48. The molecule has 18 heavy (non-hydrogen) atoms. The van der Waals surface area contributed by atoms with Crippen LogP contribution in [0.25, 0.3) is 0 Å². The van der Waals surface area contributed by atoms with Crippen molar-refractivity contribution in [1.29, 1.82) is 0 Å². The van der Waals surface area contributed by atoms with Crippen molar-refractivity contribution in [3.63, 3.8) is 0 Å². The van der Waals surface area contributed by atoms with Gasteiger partial charge in [0.15, 0.2) is 0 Å². The van der Waals surface area contributed by atoms with Crippen LogP contribution in [-0.4, -0.2) is 21.6 Å². The first kappa shape index (κ1) is 10.3. The maximum Gasteiger partial charge on any atom is 0.135 e. The molecule has 2 heterocycles. The summed E-state index contributed by atoms with van der Waals surface area (Å²) in [6.45, 7) is 1.62. The van der Waals surface area contributed by atoms with E-state index < -0.39 is 0 Å². The van der Waals surface area contributed by atoms with E-state index in [-0.39, 0.29) is 5.60 Å². The molecule has 0 radical (unpaired) electrons. The van der Waals surface area contributed by atoms with E-state index >= 15 is 0 Å². The Labute approximate surface area is 106 Å². The van der Waals surface area contributed by atoms with Gasteiger partial charge in [-0.2, -0.15) is 0 Å². The molecule has 1 saturated heterocycles. The van der Waals surface area contributed by atoms with Crippen LogP contribution in [0, 0.1) is 0 Å². The highest BCUT2D eigenvalue weighted by Crippen LogP contribution is 2.47. The maximum absolute atomic E-state index is 5.70. The molecule has 2 aliphatic rings. The third kappa shape index (κ3) is 1.49. The number of rotatable bonds is 2. The minimum atomic E-state index is -0.0497. The van der Waals surface area contributed by atoms with Crippen LogP contribution in [0.1, 0.15) is 29.8 Å². The molecule has 4 rings (SSSR count). The predicted octanol–water partition coefficient (Wildman–Crippen LogP) is 1.89. The van der Waals surface area contributed by atoms with Crippen LogP contribution in [0.2, 0.25) is 0 Å². The summed E-state index contributed by atoms with van der Waals surface area (Å²) in [7, 11) is 0. The molecule has 0 bridgehead atoms. The lowest BCUT2D eigenvalue weighted by molar-refractivity contribution is 0.262. The van der Waals surface area contributed by atoms with Crippen LogP contribution in [-0.2, 0) is 23.3 Å². The van der Waals surface area contributed by atoms with Crippen LogP contribution in [0.3, 0.4) is 0 Å². The smallest absolute Gasteiger partial charge is 0.135 e. The van der Waals surface area contributed by atoms with Gasteiger partial charge < -0.3 is 4.74 Å². The van der Waals surface area contributed by atoms with Gasteiger partial charge in [0.2, 0.25) is 0 Å². The fraction of sp³-hybridized carbons (Fsp3) is 0.429. The SMILES string of the molecule is c1ccc(Cn2nnc3c2[C@]2(CCC3)CO2)cc1. The summed E-state index contributed by atoms with van der Waals surface area (Å²) in [5.41, 5.74) is 3.56. The first-order chi connectivity index (χ1) is 8.87. The zero-order valence-electron chi connectivity index (χ0n) is 10.2. The summed E-state index contributed by atoms with van der Waals surface area (Å²) >= 11 is 0. The molecule has 1 spiro atoms. The van der Waals surface area contributed by atoms with E-state index in [1.54, 1.807) is 0 Å². The van der Waals surface area contributed by atoms with Crippen molar-refractivity contribution < 1.29 is 4.74 Å². The third-order valence-corrected chi connectivity index (χ3v) is 3.90. The molecule has 1 aromatic carbocycles. The van der Waals surface area contributed by atoms with E-state index in [1.807, 2.05) is 10.7 Å². The zero-order chi connectivity index (χ0) is 12.0. The Hall–Kier alpha value is -1.68. The van der Waals surface area contributed by atoms with E-state index in [2.05, 4.69) is 34.6 Å². The fourth-order valence-electron chi connectivity index (χ4n) is 2.91. The average Bonchev–Trinajstić information content (AvgIpc) is 3.04. The highest BCUT2D eigenvalue weighted by atomic mass is 16.6. The molecule has 92 valence electrons. The van der Waals surface area contributed by atoms with E-state index in [4.69, 9.17) is 4.74 Å². The van der Waals surface area contributed by atoms with Gasteiger partial charge in [-0.15, -0.1) is 5.10 Å². The summed E-state index contributed by atoms with van der Waals surface area (Å²) < 4.78 is 7.72. The number of benzene rings is 1. The van der Waals surface area contributed by atoms with Crippen molar-refractivity contribution in [2.45, 2.75) is 31.4 Å². The Kier molecular flexibility index (Phi) is 2.08. The second-order valence-corrected chi connectivity index (χ2v) is 5.16. The summed E-state index contributed by atoms with van der Waals surface area (Å²) in [5, 5.41) is 8.64. The lowest BCUT2D eigenvalue weighted by Gasteiger charge is -2.19.